The van der Waals surface area contributed by atoms with E-state index in [1.54, 1.807) is 24.4 Å². The quantitative estimate of drug-likeness (QED) is 0.747. The predicted octanol–water partition coefficient (Wildman–Crippen LogP) is 3.70. The lowest BCUT2D eigenvalue weighted by Gasteiger charge is -2.37. The number of likely N-dealkylation sites (tertiary alicyclic amines) is 1. The fourth-order valence-electron chi connectivity index (χ4n) is 4.05. The van der Waals surface area contributed by atoms with Gasteiger partial charge in [0.05, 0.1) is 27.9 Å². The van der Waals surface area contributed by atoms with Crippen LogP contribution in [0.25, 0.3) is 0 Å². The SMILES string of the molecule is N#Cc1ccc(N2CCN(c3ncc(C(=O)N4CCCCC4)cc3Cl)CC2)c(F)c1. The van der Waals surface area contributed by atoms with Gasteiger partial charge in [-0.15, -0.1) is 0 Å². The molecule has 0 spiro atoms. The minimum Gasteiger partial charge on any atom is -0.366 e. The number of hydrogen-bond acceptors (Lipinski definition) is 5. The van der Waals surface area contributed by atoms with Crippen LogP contribution in [0.5, 0.6) is 0 Å². The Labute approximate surface area is 180 Å². The Bertz CT molecular complexity index is 978. The lowest BCUT2D eigenvalue weighted by atomic mass is 10.1. The number of aromatic nitrogens is 1. The summed E-state index contributed by atoms with van der Waals surface area (Å²) in [6, 6.07) is 8.19. The molecule has 2 fully saturated rings. The van der Waals surface area contributed by atoms with Crippen LogP contribution in [0.3, 0.4) is 0 Å². The van der Waals surface area contributed by atoms with Gasteiger partial charge in [-0.1, -0.05) is 11.6 Å². The summed E-state index contributed by atoms with van der Waals surface area (Å²) in [6.07, 6.45) is 4.84. The van der Waals surface area contributed by atoms with Crippen LogP contribution in [0.2, 0.25) is 5.02 Å². The number of amides is 1. The Balaban J connectivity index is 1.42. The maximum atomic E-state index is 14.3. The van der Waals surface area contributed by atoms with E-state index in [1.165, 1.54) is 12.5 Å². The van der Waals surface area contributed by atoms with Crippen LogP contribution >= 0.6 is 11.6 Å². The van der Waals surface area contributed by atoms with E-state index in [2.05, 4.69) is 9.88 Å². The van der Waals surface area contributed by atoms with Crippen molar-refractivity contribution in [2.75, 3.05) is 49.1 Å². The van der Waals surface area contributed by atoms with Crippen LogP contribution in [0, 0.1) is 17.1 Å². The van der Waals surface area contributed by atoms with Crippen molar-refractivity contribution in [2.45, 2.75) is 19.3 Å². The van der Waals surface area contributed by atoms with Gasteiger partial charge in [-0.2, -0.15) is 5.26 Å². The minimum atomic E-state index is -0.390. The summed E-state index contributed by atoms with van der Waals surface area (Å²) in [7, 11) is 0. The van der Waals surface area contributed by atoms with Crippen LogP contribution in [0.1, 0.15) is 35.2 Å². The zero-order valence-electron chi connectivity index (χ0n) is 16.7. The Kier molecular flexibility index (Phi) is 6.05. The molecule has 30 heavy (non-hydrogen) atoms. The van der Waals surface area contributed by atoms with Gasteiger partial charge in [0.15, 0.2) is 0 Å². The summed E-state index contributed by atoms with van der Waals surface area (Å²) >= 11 is 6.48. The average Bonchev–Trinajstić information content (AvgIpc) is 2.79. The van der Waals surface area contributed by atoms with Gasteiger partial charge in [0.2, 0.25) is 0 Å². The molecule has 4 rings (SSSR count). The van der Waals surface area contributed by atoms with Crippen LogP contribution in [0.15, 0.2) is 30.5 Å². The number of hydrogen-bond donors (Lipinski definition) is 0. The number of nitriles is 1. The first kappa shape index (κ1) is 20.4. The molecule has 0 unspecified atom stereocenters. The van der Waals surface area contributed by atoms with E-state index in [9.17, 15) is 9.18 Å². The molecule has 1 amide bonds. The van der Waals surface area contributed by atoms with Gasteiger partial charge < -0.3 is 14.7 Å². The van der Waals surface area contributed by atoms with Gasteiger partial charge in [-0.3, -0.25) is 4.79 Å². The van der Waals surface area contributed by atoms with Crippen LogP contribution < -0.4 is 9.80 Å². The van der Waals surface area contributed by atoms with Crippen LogP contribution in [0.4, 0.5) is 15.9 Å². The van der Waals surface area contributed by atoms with E-state index in [4.69, 9.17) is 16.9 Å². The van der Waals surface area contributed by atoms with Gasteiger partial charge >= 0.3 is 0 Å². The number of rotatable bonds is 3. The smallest absolute Gasteiger partial charge is 0.255 e. The number of benzene rings is 1. The maximum Gasteiger partial charge on any atom is 0.255 e. The third-order valence-electron chi connectivity index (χ3n) is 5.71. The second-order valence-corrected chi connectivity index (χ2v) is 8.04. The number of carbonyl (C=O) groups is 1. The molecule has 2 aliphatic heterocycles. The number of piperidine rings is 1. The molecule has 0 atom stereocenters. The van der Waals surface area contributed by atoms with Gasteiger partial charge in [0, 0.05) is 45.5 Å². The number of piperazine rings is 1. The molecule has 1 aromatic heterocycles. The topological polar surface area (TPSA) is 63.5 Å². The Hall–Kier alpha value is -2.85. The third-order valence-corrected chi connectivity index (χ3v) is 5.99. The van der Waals surface area contributed by atoms with E-state index < -0.39 is 0 Å². The summed E-state index contributed by atoms with van der Waals surface area (Å²) < 4.78 is 14.3. The molecular formula is C22H23ClFN5O. The van der Waals surface area contributed by atoms with Crippen molar-refractivity contribution < 1.29 is 9.18 Å². The summed E-state index contributed by atoms with van der Waals surface area (Å²) in [5.41, 5.74) is 1.32. The Morgan fingerprint density at radius 1 is 1.03 bits per heavy atom. The average molecular weight is 428 g/mol. The van der Waals surface area contributed by atoms with Crippen molar-refractivity contribution >= 4 is 29.0 Å². The maximum absolute atomic E-state index is 14.3. The normalized spacial score (nSPS) is 17.0. The Morgan fingerprint density at radius 3 is 2.37 bits per heavy atom. The lowest BCUT2D eigenvalue weighted by molar-refractivity contribution is 0.0724. The molecule has 1 aromatic carbocycles. The molecule has 0 saturated carbocycles. The summed E-state index contributed by atoms with van der Waals surface area (Å²) in [6.45, 7) is 4.04. The second kappa shape index (κ2) is 8.88. The standard InChI is InChI=1S/C22H23ClFN5O/c23-18-13-17(22(30)29-6-2-1-3-7-29)15-26-21(18)28-10-8-27(9-11-28)20-5-4-16(14-25)12-19(20)24/h4-5,12-13,15H,1-3,6-11H2. The fourth-order valence-corrected chi connectivity index (χ4v) is 4.34. The van der Waals surface area contributed by atoms with Gasteiger partial charge in [-0.25, -0.2) is 9.37 Å². The summed E-state index contributed by atoms with van der Waals surface area (Å²) in [5.74, 6) is 0.239. The highest BCUT2D eigenvalue weighted by Crippen LogP contribution is 2.28. The summed E-state index contributed by atoms with van der Waals surface area (Å²) in [4.78, 5) is 23.0. The van der Waals surface area contributed by atoms with Gasteiger partial charge in [0.1, 0.15) is 11.6 Å². The zero-order valence-corrected chi connectivity index (χ0v) is 17.4. The van der Waals surface area contributed by atoms with Crippen molar-refractivity contribution in [2.24, 2.45) is 0 Å². The number of nitrogens with zero attached hydrogens (tertiary/aromatic N) is 5. The molecule has 0 bridgehead atoms. The van der Waals surface area contributed by atoms with Crippen molar-refractivity contribution in [3.05, 3.63) is 52.4 Å². The predicted molar refractivity (Wildman–Crippen MR) is 115 cm³/mol. The third kappa shape index (κ3) is 4.19. The minimum absolute atomic E-state index is 0.0169. The first-order chi connectivity index (χ1) is 14.6. The fraction of sp³-hybridized carbons (Fsp3) is 0.409. The molecule has 0 radical (unpaired) electrons. The van der Waals surface area contributed by atoms with Crippen LogP contribution in [-0.4, -0.2) is 55.1 Å². The van der Waals surface area contributed by atoms with E-state index in [-0.39, 0.29) is 11.7 Å². The number of pyridine rings is 1. The van der Waals surface area contributed by atoms with E-state index in [0.29, 0.717) is 53.8 Å². The Morgan fingerprint density at radius 2 is 1.73 bits per heavy atom. The molecule has 8 heteroatoms. The van der Waals surface area contributed by atoms with Crippen molar-refractivity contribution in [1.29, 1.82) is 5.26 Å². The number of halogens is 2. The van der Waals surface area contributed by atoms with Gasteiger partial charge in [-0.05, 0) is 43.5 Å². The van der Waals surface area contributed by atoms with Crippen molar-refractivity contribution in [3.63, 3.8) is 0 Å². The highest BCUT2D eigenvalue weighted by molar-refractivity contribution is 6.33. The first-order valence-electron chi connectivity index (χ1n) is 10.2. The van der Waals surface area contributed by atoms with E-state index in [0.717, 1.165) is 25.9 Å². The first-order valence-corrected chi connectivity index (χ1v) is 10.6. The van der Waals surface area contributed by atoms with Crippen LogP contribution in [-0.2, 0) is 0 Å². The molecule has 3 heterocycles. The molecule has 0 aliphatic carbocycles. The summed E-state index contributed by atoms with van der Waals surface area (Å²) in [5, 5.41) is 9.35. The highest BCUT2D eigenvalue weighted by Gasteiger charge is 2.24. The van der Waals surface area contributed by atoms with Gasteiger partial charge in [0.25, 0.3) is 5.91 Å². The molecule has 2 aromatic rings. The zero-order chi connectivity index (χ0) is 21.1. The molecule has 156 valence electrons. The largest absolute Gasteiger partial charge is 0.366 e. The number of anilines is 2. The molecule has 2 aliphatic rings. The highest BCUT2D eigenvalue weighted by atomic mass is 35.5. The second-order valence-electron chi connectivity index (χ2n) is 7.63. The van der Waals surface area contributed by atoms with Crippen molar-refractivity contribution in [3.8, 4) is 6.07 Å². The lowest BCUT2D eigenvalue weighted by Crippen LogP contribution is -2.47. The molecular weight excluding hydrogens is 405 g/mol. The van der Waals surface area contributed by atoms with E-state index in [1.807, 2.05) is 15.9 Å². The molecule has 0 N–H and O–H groups in total. The van der Waals surface area contributed by atoms with Crippen molar-refractivity contribution in [1.82, 2.24) is 9.88 Å². The molecule has 6 nitrogen and oxygen atoms in total. The van der Waals surface area contributed by atoms with E-state index >= 15 is 0 Å². The molecule has 2 saturated heterocycles. The number of carbonyl (C=O) groups excluding carboxylic acids is 1. The monoisotopic (exact) mass is 427 g/mol.